The molecule has 216 valence electrons. The number of ether oxygens (including phenoxy) is 1. The lowest BCUT2D eigenvalue weighted by atomic mass is 9.95. The summed E-state index contributed by atoms with van der Waals surface area (Å²) in [5.41, 5.74) is 7.02. The smallest absolute Gasteiger partial charge is 0.131 e. The first kappa shape index (κ1) is 29.9. The van der Waals surface area contributed by atoms with E-state index in [2.05, 4.69) is 37.6 Å². The molecule has 4 aromatic rings. The molecule has 1 aliphatic rings. The number of halogens is 1. The van der Waals surface area contributed by atoms with Crippen molar-refractivity contribution < 1.29 is 9.13 Å². The Kier molecular flexibility index (Phi) is 9.83. The Hall–Kier alpha value is -4.11. The molecule has 1 fully saturated rings. The van der Waals surface area contributed by atoms with Gasteiger partial charge in [0.1, 0.15) is 17.3 Å². The second-order valence-corrected chi connectivity index (χ2v) is 10.3. The minimum atomic E-state index is -0.241. The number of nitrogens with one attached hydrogen (secondary N) is 2. The van der Waals surface area contributed by atoms with E-state index in [1.54, 1.807) is 23.9 Å². The van der Waals surface area contributed by atoms with Gasteiger partial charge in [-0.25, -0.2) is 9.07 Å². The van der Waals surface area contributed by atoms with E-state index >= 15 is 0 Å². The number of rotatable bonds is 8. The number of aromatic amines is 1. The summed E-state index contributed by atoms with van der Waals surface area (Å²) in [4.78, 5) is 2.26. The molecule has 0 bridgehead atoms. The highest BCUT2D eigenvalue weighted by atomic mass is 19.1. The summed E-state index contributed by atoms with van der Waals surface area (Å²) in [5.74, 6) is 0.547. The second kappa shape index (κ2) is 13.5. The van der Waals surface area contributed by atoms with E-state index in [1.807, 2.05) is 52.9 Å². The lowest BCUT2D eigenvalue weighted by Crippen LogP contribution is -2.34. The van der Waals surface area contributed by atoms with Crippen LogP contribution < -0.4 is 4.74 Å². The molecule has 2 aromatic heterocycles. The van der Waals surface area contributed by atoms with Crippen LogP contribution >= 0.6 is 0 Å². The van der Waals surface area contributed by atoms with Crippen molar-refractivity contribution in [2.24, 2.45) is 0 Å². The van der Waals surface area contributed by atoms with E-state index in [9.17, 15) is 4.39 Å². The molecule has 1 aliphatic heterocycles. The van der Waals surface area contributed by atoms with Crippen molar-refractivity contribution in [3.05, 3.63) is 82.6 Å². The fourth-order valence-electron chi connectivity index (χ4n) is 5.22. The molecule has 8 nitrogen and oxygen atoms in total. The van der Waals surface area contributed by atoms with Crippen LogP contribution in [-0.2, 0) is 6.54 Å². The van der Waals surface area contributed by atoms with Gasteiger partial charge in [-0.15, -0.1) is 5.10 Å². The molecule has 0 spiro atoms. The Labute approximate surface area is 241 Å². The number of aromatic nitrogens is 5. The molecule has 41 heavy (non-hydrogen) atoms. The fraction of sp³-hybridized carbons (Fsp3) is 0.375. The van der Waals surface area contributed by atoms with Gasteiger partial charge in [0.15, 0.2) is 0 Å². The Morgan fingerprint density at radius 3 is 2.73 bits per heavy atom. The molecule has 0 unspecified atom stereocenters. The molecule has 0 amide bonds. The first-order valence-corrected chi connectivity index (χ1v) is 14.2. The molecule has 9 heteroatoms. The molecule has 2 N–H and O–H groups in total. The number of benzene rings is 2. The van der Waals surface area contributed by atoms with Gasteiger partial charge >= 0.3 is 0 Å². The average molecular weight is 558 g/mol. The van der Waals surface area contributed by atoms with E-state index < -0.39 is 0 Å². The van der Waals surface area contributed by atoms with Crippen LogP contribution in [-0.4, -0.2) is 56.5 Å². The van der Waals surface area contributed by atoms with Crippen LogP contribution in [0.1, 0.15) is 70.3 Å². The number of fused-ring (bicyclic) bond motifs is 1. The molecular formula is C32H40FN7O. The van der Waals surface area contributed by atoms with Crippen LogP contribution in [0.5, 0.6) is 5.75 Å². The van der Waals surface area contributed by atoms with Crippen LogP contribution in [0.3, 0.4) is 0 Å². The van der Waals surface area contributed by atoms with Crippen LogP contribution in [0.15, 0.2) is 59.8 Å². The number of hydrogen-bond acceptors (Lipinski definition) is 6. The number of hydrogen-bond donors (Lipinski definition) is 2. The van der Waals surface area contributed by atoms with Crippen molar-refractivity contribution in [2.75, 3.05) is 20.2 Å². The lowest BCUT2D eigenvalue weighted by Gasteiger charge is -2.32. The normalized spacial score (nSPS) is 16.0. The first-order valence-electron chi connectivity index (χ1n) is 14.2. The maximum atomic E-state index is 14.5. The van der Waals surface area contributed by atoms with Crippen molar-refractivity contribution in [2.45, 2.75) is 59.9 Å². The monoisotopic (exact) mass is 557 g/mol. The van der Waals surface area contributed by atoms with Gasteiger partial charge < -0.3 is 10.1 Å². The third-order valence-corrected chi connectivity index (χ3v) is 7.25. The first-order chi connectivity index (χ1) is 19.9. The molecule has 0 aliphatic carbocycles. The van der Waals surface area contributed by atoms with Gasteiger partial charge in [0.05, 0.1) is 30.2 Å². The van der Waals surface area contributed by atoms with Crippen molar-refractivity contribution in [1.29, 1.82) is 5.41 Å². The molecule has 1 saturated heterocycles. The minimum absolute atomic E-state index is 0.209. The molecular weight excluding hydrogens is 517 g/mol. The van der Waals surface area contributed by atoms with E-state index in [0.717, 1.165) is 70.6 Å². The van der Waals surface area contributed by atoms with Crippen molar-refractivity contribution in [3.8, 4) is 11.4 Å². The summed E-state index contributed by atoms with van der Waals surface area (Å²) < 4.78 is 21.7. The zero-order chi connectivity index (χ0) is 29.5. The van der Waals surface area contributed by atoms with Gasteiger partial charge in [0, 0.05) is 41.7 Å². The maximum absolute atomic E-state index is 14.5. The molecule has 0 radical (unpaired) electrons. The van der Waals surface area contributed by atoms with Crippen LogP contribution in [0.4, 0.5) is 4.39 Å². The average Bonchev–Trinajstić information content (AvgIpc) is 3.65. The zero-order valence-electron chi connectivity index (χ0n) is 24.8. The summed E-state index contributed by atoms with van der Waals surface area (Å²) in [6.45, 7) is 12.2. The standard InChI is InChI=1S/C30H34FN7O.C2H6/c1-19(2)13-23(20(3)15-32)30-24-14-22(10-11-27(24)33-35-30)38-18-28(34-36-38)21-7-6-12-37(16-21)17-25-26(31)8-5-9-29(25)39-4;1-2/h5,8-11,13-15,18,21,32H,6-7,12,16-17H2,1-4H3,(H,33,35);1-2H3/b23-20+,32-15?;/t21-;/m1./s1. The lowest BCUT2D eigenvalue weighted by molar-refractivity contribution is 0.194. The third kappa shape index (κ3) is 6.62. The number of H-pyrrole nitrogens is 1. The zero-order valence-corrected chi connectivity index (χ0v) is 24.8. The summed E-state index contributed by atoms with van der Waals surface area (Å²) in [6.07, 6.45) is 7.42. The highest BCUT2D eigenvalue weighted by molar-refractivity contribution is 6.00. The minimum Gasteiger partial charge on any atom is -0.496 e. The van der Waals surface area contributed by atoms with Crippen molar-refractivity contribution in [1.82, 2.24) is 30.1 Å². The number of allylic oxidation sites excluding steroid dienone is 4. The van der Waals surface area contributed by atoms with Gasteiger partial charge in [0.2, 0.25) is 0 Å². The summed E-state index contributed by atoms with van der Waals surface area (Å²) in [5, 5.41) is 25.4. The van der Waals surface area contributed by atoms with E-state index in [0.29, 0.717) is 17.9 Å². The van der Waals surface area contributed by atoms with Gasteiger partial charge in [-0.3, -0.25) is 10.00 Å². The Morgan fingerprint density at radius 1 is 1.20 bits per heavy atom. The van der Waals surface area contributed by atoms with Crippen molar-refractivity contribution >= 4 is 22.7 Å². The molecule has 2 aromatic carbocycles. The summed E-state index contributed by atoms with van der Waals surface area (Å²) >= 11 is 0. The molecule has 3 heterocycles. The number of piperidine rings is 1. The predicted octanol–water partition coefficient (Wildman–Crippen LogP) is 7.09. The molecule has 1 atom stereocenters. The topological polar surface area (TPSA) is 95.7 Å². The second-order valence-electron chi connectivity index (χ2n) is 10.3. The largest absolute Gasteiger partial charge is 0.496 e. The fourth-order valence-corrected chi connectivity index (χ4v) is 5.22. The van der Waals surface area contributed by atoms with Crippen LogP contribution in [0, 0.1) is 11.2 Å². The van der Waals surface area contributed by atoms with Crippen molar-refractivity contribution in [3.63, 3.8) is 0 Å². The maximum Gasteiger partial charge on any atom is 0.131 e. The predicted molar refractivity (Wildman–Crippen MR) is 163 cm³/mol. The van der Waals surface area contributed by atoms with E-state index in [4.69, 9.17) is 10.1 Å². The number of methoxy groups -OCH3 is 1. The van der Waals surface area contributed by atoms with Gasteiger partial charge in [-0.1, -0.05) is 36.8 Å². The molecule has 0 saturated carbocycles. The van der Waals surface area contributed by atoms with E-state index in [1.165, 1.54) is 12.3 Å². The Balaban J connectivity index is 0.00000189. The highest BCUT2D eigenvalue weighted by Crippen LogP contribution is 2.31. The highest BCUT2D eigenvalue weighted by Gasteiger charge is 2.25. The van der Waals surface area contributed by atoms with E-state index in [-0.39, 0.29) is 11.7 Å². The van der Waals surface area contributed by atoms with Gasteiger partial charge in [-0.2, -0.15) is 5.10 Å². The summed E-state index contributed by atoms with van der Waals surface area (Å²) in [6, 6.07) is 11.0. The van der Waals surface area contributed by atoms with Gasteiger partial charge in [-0.05, 0) is 76.1 Å². The summed E-state index contributed by atoms with van der Waals surface area (Å²) in [7, 11) is 1.58. The molecule has 5 rings (SSSR count). The number of nitrogens with zero attached hydrogens (tertiary/aromatic N) is 5. The Morgan fingerprint density at radius 2 is 2.00 bits per heavy atom. The SMILES string of the molecule is CC.COc1cccc(F)c1CN1CCC[C@@H](c2cn(-c3ccc4[nH]nc(/C(C=C(C)C)=C(\C)C=N)c4c3)nn2)C1. The quantitative estimate of drug-likeness (QED) is 0.178. The Bertz CT molecular complexity index is 1560. The number of likely N-dealkylation sites (tertiary alicyclic amines) is 1. The van der Waals surface area contributed by atoms with Crippen LogP contribution in [0.25, 0.3) is 22.2 Å². The third-order valence-electron chi connectivity index (χ3n) is 7.25. The van der Waals surface area contributed by atoms with Crippen LogP contribution in [0.2, 0.25) is 0 Å². The van der Waals surface area contributed by atoms with Gasteiger partial charge in [0.25, 0.3) is 0 Å².